The molecule has 0 bridgehead atoms. The van der Waals surface area contributed by atoms with Gasteiger partial charge in [-0.25, -0.2) is 0 Å². The molecule has 0 aliphatic rings. The third-order valence-corrected chi connectivity index (χ3v) is 2.33. The molecule has 0 saturated heterocycles. The fraction of sp³-hybridized carbons (Fsp3) is 0.308. The number of allylic oxidation sites excluding steroid dienone is 1. The molecule has 1 aromatic carbocycles. The highest BCUT2D eigenvalue weighted by atomic mass is 16.5. The van der Waals surface area contributed by atoms with Crippen LogP contribution >= 0.6 is 0 Å². The summed E-state index contributed by atoms with van der Waals surface area (Å²) in [5.74, 6) is -0.764. The van der Waals surface area contributed by atoms with Gasteiger partial charge in [0.05, 0.1) is 13.4 Å². The highest BCUT2D eigenvalue weighted by molar-refractivity contribution is 5.67. The van der Waals surface area contributed by atoms with E-state index in [1.165, 1.54) is 0 Å². The Hall–Kier alpha value is -1.77. The smallest absolute Gasteiger partial charge is 0.303 e. The van der Waals surface area contributed by atoms with Crippen LogP contribution in [-0.4, -0.2) is 18.2 Å². The molecule has 0 fully saturated rings. The average Bonchev–Trinajstić information content (AvgIpc) is 2.27. The summed E-state index contributed by atoms with van der Waals surface area (Å²) in [5, 5.41) is 8.56. The van der Waals surface area contributed by atoms with Crippen molar-refractivity contribution in [2.24, 2.45) is 0 Å². The Kier molecular flexibility index (Phi) is 4.58. The number of aryl methyl sites for hydroxylation is 1. The van der Waals surface area contributed by atoms with Gasteiger partial charge in [-0.05, 0) is 30.0 Å². The molecule has 16 heavy (non-hydrogen) atoms. The van der Waals surface area contributed by atoms with Gasteiger partial charge in [0.15, 0.2) is 0 Å². The highest BCUT2D eigenvalue weighted by Gasteiger charge is 2.00. The summed E-state index contributed by atoms with van der Waals surface area (Å²) < 4.78 is 4.93. The third-order valence-electron chi connectivity index (χ3n) is 2.33. The fourth-order valence-corrected chi connectivity index (χ4v) is 1.43. The molecule has 0 radical (unpaired) electrons. The number of aliphatic carboxylic acids is 1. The predicted molar refractivity (Wildman–Crippen MR) is 63.1 cm³/mol. The molecule has 1 rings (SSSR count). The molecular weight excluding hydrogens is 204 g/mol. The first-order chi connectivity index (χ1) is 7.63. The van der Waals surface area contributed by atoms with E-state index in [1.54, 1.807) is 13.4 Å². The lowest BCUT2D eigenvalue weighted by Crippen LogP contribution is -1.97. The summed E-state index contributed by atoms with van der Waals surface area (Å²) >= 11 is 0. The molecule has 0 aliphatic heterocycles. The average molecular weight is 220 g/mol. The van der Waals surface area contributed by atoms with Crippen molar-refractivity contribution >= 4 is 11.5 Å². The van der Waals surface area contributed by atoms with Gasteiger partial charge in [-0.1, -0.05) is 24.3 Å². The van der Waals surface area contributed by atoms with Crippen molar-refractivity contribution in [1.82, 2.24) is 0 Å². The van der Waals surface area contributed by atoms with E-state index < -0.39 is 5.97 Å². The lowest BCUT2D eigenvalue weighted by atomic mass is 10.0. The minimum Gasteiger partial charge on any atom is -0.504 e. The van der Waals surface area contributed by atoms with E-state index in [4.69, 9.17) is 9.84 Å². The summed E-state index contributed by atoms with van der Waals surface area (Å²) in [6, 6.07) is 7.85. The SMILES string of the molecule is COC=C(C)c1ccc(CCC(=O)O)cc1. The molecule has 0 heterocycles. The Balaban J connectivity index is 2.67. The highest BCUT2D eigenvalue weighted by Crippen LogP contribution is 2.15. The van der Waals surface area contributed by atoms with Gasteiger partial charge in [-0.3, -0.25) is 4.79 Å². The van der Waals surface area contributed by atoms with Gasteiger partial charge in [0.25, 0.3) is 0 Å². The monoisotopic (exact) mass is 220 g/mol. The Labute approximate surface area is 95.4 Å². The van der Waals surface area contributed by atoms with Crippen molar-refractivity contribution in [1.29, 1.82) is 0 Å². The molecule has 0 unspecified atom stereocenters. The van der Waals surface area contributed by atoms with Crippen LogP contribution in [0.25, 0.3) is 5.57 Å². The quantitative estimate of drug-likeness (QED) is 0.776. The van der Waals surface area contributed by atoms with Gasteiger partial charge in [-0.15, -0.1) is 0 Å². The maximum atomic E-state index is 10.4. The first-order valence-corrected chi connectivity index (χ1v) is 5.14. The van der Waals surface area contributed by atoms with E-state index >= 15 is 0 Å². The van der Waals surface area contributed by atoms with E-state index in [0.717, 1.165) is 16.7 Å². The number of ether oxygens (including phenoxy) is 1. The van der Waals surface area contributed by atoms with Crippen LogP contribution in [0.5, 0.6) is 0 Å². The van der Waals surface area contributed by atoms with Crippen LogP contribution in [0.15, 0.2) is 30.5 Å². The molecular formula is C13H16O3. The van der Waals surface area contributed by atoms with Crippen molar-refractivity contribution < 1.29 is 14.6 Å². The van der Waals surface area contributed by atoms with Gasteiger partial charge >= 0.3 is 5.97 Å². The lowest BCUT2D eigenvalue weighted by Gasteiger charge is -2.03. The summed E-state index contributed by atoms with van der Waals surface area (Å²) in [6.07, 6.45) is 2.43. The molecule has 0 amide bonds. The van der Waals surface area contributed by atoms with Crippen molar-refractivity contribution in [2.75, 3.05) is 7.11 Å². The Morgan fingerprint density at radius 2 is 2.00 bits per heavy atom. The summed E-state index contributed by atoms with van der Waals surface area (Å²) in [6.45, 7) is 1.97. The third kappa shape index (κ3) is 3.77. The van der Waals surface area contributed by atoms with Crippen molar-refractivity contribution in [3.63, 3.8) is 0 Å². The normalized spacial score (nSPS) is 11.2. The fourth-order valence-electron chi connectivity index (χ4n) is 1.43. The Morgan fingerprint density at radius 1 is 1.38 bits per heavy atom. The van der Waals surface area contributed by atoms with E-state index in [-0.39, 0.29) is 6.42 Å². The zero-order valence-corrected chi connectivity index (χ0v) is 9.56. The number of carboxylic acids is 1. The van der Waals surface area contributed by atoms with Gasteiger partial charge in [-0.2, -0.15) is 0 Å². The van der Waals surface area contributed by atoms with E-state index in [9.17, 15) is 4.79 Å². The predicted octanol–water partition coefficient (Wildman–Crippen LogP) is 2.71. The number of benzene rings is 1. The van der Waals surface area contributed by atoms with Crippen LogP contribution in [-0.2, 0) is 16.0 Å². The van der Waals surface area contributed by atoms with E-state index in [1.807, 2.05) is 31.2 Å². The largest absolute Gasteiger partial charge is 0.504 e. The van der Waals surface area contributed by atoms with Crippen LogP contribution in [0.3, 0.4) is 0 Å². The molecule has 86 valence electrons. The number of carboxylic acid groups (broad SMARTS) is 1. The summed E-state index contributed by atoms with van der Waals surface area (Å²) in [5.41, 5.74) is 3.17. The van der Waals surface area contributed by atoms with E-state index in [2.05, 4.69) is 0 Å². The topological polar surface area (TPSA) is 46.5 Å². The van der Waals surface area contributed by atoms with Crippen molar-refractivity contribution in [3.8, 4) is 0 Å². The molecule has 3 nitrogen and oxygen atoms in total. The summed E-state index contributed by atoms with van der Waals surface area (Å²) in [7, 11) is 1.62. The number of methoxy groups -OCH3 is 1. The number of rotatable bonds is 5. The van der Waals surface area contributed by atoms with Gasteiger partial charge in [0.2, 0.25) is 0 Å². The molecule has 0 saturated carbocycles. The minimum absolute atomic E-state index is 0.173. The lowest BCUT2D eigenvalue weighted by molar-refractivity contribution is -0.136. The molecule has 3 heteroatoms. The molecule has 0 spiro atoms. The maximum absolute atomic E-state index is 10.4. The molecule has 0 atom stereocenters. The zero-order valence-electron chi connectivity index (χ0n) is 9.56. The van der Waals surface area contributed by atoms with Crippen LogP contribution in [0, 0.1) is 0 Å². The van der Waals surface area contributed by atoms with Crippen LogP contribution in [0.1, 0.15) is 24.5 Å². The van der Waals surface area contributed by atoms with Crippen LogP contribution in [0.2, 0.25) is 0 Å². The Morgan fingerprint density at radius 3 is 2.50 bits per heavy atom. The molecule has 0 aromatic heterocycles. The maximum Gasteiger partial charge on any atom is 0.303 e. The van der Waals surface area contributed by atoms with Crippen molar-refractivity contribution in [3.05, 3.63) is 41.7 Å². The standard InChI is InChI=1S/C13H16O3/c1-10(9-16-2)12-6-3-11(4-7-12)5-8-13(14)15/h3-4,6-7,9H,5,8H2,1-2H3,(H,14,15). The van der Waals surface area contributed by atoms with Crippen molar-refractivity contribution in [2.45, 2.75) is 19.8 Å². The van der Waals surface area contributed by atoms with E-state index in [0.29, 0.717) is 6.42 Å². The number of carbonyl (C=O) groups is 1. The molecule has 0 aliphatic carbocycles. The minimum atomic E-state index is -0.764. The Bertz CT molecular complexity index is 377. The zero-order chi connectivity index (χ0) is 12.0. The van der Waals surface area contributed by atoms with Crippen LogP contribution in [0.4, 0.5) is 0 Å². The second kappa shape index (κ2) is 5.95. The molecule has 1 aromatic rings. The number of hydrogen-bond acceptors (Lipinski definition) is 2. The first kappa shape index (κ1) is 12.3. The second-order valence-corrected chi connectivity index (χ2v) is 3.63. The first-order valence-electron chi connectivity index (χ1n) is 5.14. The van der Waals surface area contributed by atoms with Crippen LogP contribution < -0.4 is 0 Å². The number of hydrogen-bond donors (Lipinski definition) is 1. The second-order valence-electron chi connectivity index (χ2n) is 3.63. The summed E-state index contributed by atoms with van der Waals surface area (Å²) in [4.78, 5) is 10.4. The van der Waals surface area contributed by atoms with Gasteiger partial charge < -0.3 is 9.84 Å². The molecule has 1 N–H and O–H groups in total. The van der Waals surface area contributed by atoms with Gasteiger partial charge in [0.1, 0.15) is 0 Å². The van der Waals surface area contributed by atoms with Gasteiger partial charge in [0, 0.05) is 6.42 Å².